The zero-order valence-corrected chi connectivity index (χ0v) is 12.9. The van der Waals surface area contributed by atoms with Crippen LogP contribution in [0.2, 0.25) is 0 Å². The van der Waals surface area contributed by atoms with Crippen LogP contribution in [-0.4, -0.2) is 45.4 Å². The van der Waals surface area contributed by atoms with Gasteiger partial charge in [-0.15, -0.1) is 0 Å². The number of nitrogens with zero attached hydrogens (tertiary/aromatic N) is 2. The molecule has 0 saturated heterocycles. The Hall–Kier alpha value is -3.47. The van der Waals surface area contributed by atoms with E-state index < -0.39 is 11.9 Å². The minimum Gasteiger partial charge on any atom is -0.497 e. The van der Waals surface area contributed by atoms with Gasteiger partial charge in [0, 0.05) is 12.4 Å². The molecular weight excluding hydrogens is 316 g/mol. The number of carboxylic acid groups (broad SMARTS) is 2. The van der Waals surface area contributed by atoms with E-state index >= 15 is 0 Å². The van der Waals surface area contributed by atoms with Crippen molar-refractivity contribution in [1.29, 1.82) is 0 Å². The van der Waals surface area contributed by atoms with Gasteiger partial charge in [-0.3, -0.25) is 0 Å². The van der Waals surface area contributed by atoms with Crippen LogP contribution in [-0.2, 0) is 16.1 Å². The molecular formula is C16H16N2O6. The first-order valence-corrected chi connectivity index (χ1v) is 6.67. The Balaban J connectivity index is 0.000000413. The highest BCUT2D eigenvalue weighted by Crippen LogP contribution is 2.16. The third-order valence-corrected chi connectivity index (χ3v) is 2.50. The van der Waals surface area contributed by atoms with Crippen LogP contribution in [0.25, 0.3) is 0 Å². The van der Waals surface area contributed by atoms with Gasteiger partial charge in [-0.1, -0.05) is 11.8 Å². The number of imidazole rings is 1. The summed E-state index contributed by atoms with van der Waals surface area (Å²) in [6.07, 6.45) is 5.34. The molecule has 0 radical (unpaired) electrons. The highest BCUT2D eigenvalue weighted by atomic mass is 16.5. The number of methoxy groups -OCH3 is 1. The minimum atomic E-state index is -1.82. The first kappa shape index (κ1) is 18.6. The van der Waals surface area contributed by atoms with Crippen LogP contribution in [0.15, 0.2) is 43.0 Å². The summed E-state index contributed by atoms with van der Waals surface area (Å²) in [5.41, 5.74) is 0. The second-order valence-electron chi connectivity index (χ2n) is 4.16. The maximum Gasteiger partial charge on any atom is 0.414 e. The zero-order chi connectivity index (χ0) is 17.8. The van der Waals surface area contributed by atoms with Gasteiger partial charge >= 0.3 is 11.9 Å². The van der Waals surface area contributed by atoms with E-state index in [1.54, 1.807) is 19.6 Å². The standard InChI is InChI=1S/C14H14N2O2.C2H2O4/c1-17-13-4-6-14(7-5-13)18-11-3-2-9-16-10-8-15-12-16;3-1(4)2(5)6/h4-8,10,12H,9,11H2,1H3;(H,3,4)(H,5,6). The molecule has 2 aromatic rings. The summed E-state index contributed by atoms with van der Waals surface area (Å²) < 4.78 is 12.4. The summed E-state index contributed by atoms with van der Waals surface area (Å²) >= 11 is 0. The molecule has 0 spiro atoms. The van der Waals surface area contributed by atoms with Crippen LogP contribution in [0.1, 0.15) is 0 Å². The Kier molecular flexibility index (Phi) is 7.96. The molecule has 8 heteroatoms. The lowest BCUT2D eigenvalue weighted by molar-refractivity contribution is -0.159. The highest BCUT2D eigenvalue weighted by molar-refractivity contribution is 6.27. The Morgan fingerprint density at radius 2 is 1.75 bits per heavy atom. The van der Waals surface area contributed by atoms with Crippen molar-refractivity contribution in [1.82, 2.24) is 9.55 Å². The molecule has 8 nitrogen and oxygen atoms in total. The third-order valence-electron chi connectivity index (χ3n) is 2.50. The van der Waals surface area contributed by atoms with Gasteiger partial charge in [0.2, 0.25) is 0 Å². The number of benzene rings is 1. The largest absolute Gasteiger partial charge is 0.497 e. The second kappa shape index (κ2) is 10.3. The van der Waals surface area contributed by atoms with Gasteiger partial charge in [0.25, 0.3) is 0 Å². The summed E-state index contributed by atoms with van der Waals surface area (Å²) in [4.78, 5) is 22.1. The van der Waals surface area contributed by atoms with Crippen molar-refractivity contribution in [3.63, 3.8) is 0 Å². The molecule has 0 atom stereocenters. The highest BCUT2D eigenvalue weighted by Gasteiger charge is 2.04. The lowest BCUT2D eigenvalue weighted by Gasteiger charge is -2.03. The van der Waals surface area contributed by atoms with Crippen molar-refractivity contribution in [2.75, 3.05) is 13.7 Å². The van der Waals surface area contributed by atoms with Crippen LogP contribution in [0.4, 0.5) is 0 Å². The lowest BCUT2D eigenvalue weighted by Crippen LogP contribution is -2.09. The van der Waals surface area contributed by atoms with E-state index in [0.29, 0.717) is 13.2 Å². The molecule has 2 N–H and O–H groups in total. The van der Waals surface area contributed by atoms with Gasteiger partial charge < -0.3 is 24.3 Å². The fourth-order valence-corrected chi connectivity index (χ4v) is 1.37. The van der Waals surface area contributed by atoms with Crippen molar-refractivity contribution in [2.24, 2.45) is 0 Å². The van der Waals surface area contributed by atoms with E-state index in [0.717, 1.165) is 11.5 Å². The summed E-state index contributed by atoms with van der Waals surface area (Å²) in [6, 6.07) is 7.43. The molecule has 0 aliphatic heterocycles. The van der Waals surface area contributed by atoms with Gasteiger partial charge in [-0.25, -0.2) is 14.6 Å². The van der Waals surface area contributed by atoms with Crippen molar-refractivity contribution in [3.05, 3.63) is 43.0 Å². The second-order valence-corrected chi connectivity index (χ2v) is 4.16. The molecule has 2 rings (SSSR count). The van der Waals surface area contributed by atoms with Crippen LogP contribution in [0.3, 0.4) is 0 Å². The Morgan fingerprint density at radius 1 is 1.12 bits per heavy atom. The monoisotopic (exact) mass is 332 g/mol. The number of ether oxygens (including phenoxy) is 2. The number of carboxylic acids is 2. The van der Waals surface area contributed by atoms with E-state index in [9.17, 15) is 0 Å². The number of aliphatic carboxylic acids is 2. The summed E-state index contributed by atoms with van der Waals surface area (Å²) in [5, 5.41) is 14.8. The van der Waals surface area contributed by atoms with Gasteiger partial charge in [-0.2, -0.15) is 0 Å². The Morgan fingerprint density at radius 3 is 2.25 bits per heavy atom. The van der Waals surface area contributed by atoms with Gasteiger partial charge in [0.15, 0.2) is 0 Å². The molecule has 0 fully saturated rings. The van der Waals surface area contributed by atoms with Crippen molar-refractivity contribution >= 4 is 11.9 Å². The molecule has 0 unspecified atom stereocenters. The van der Waals surface area contributed by atoms with Crippen LogP contribution in [0, 0.1) is 11.8 Å². The minimum absolute atomic E-state index is 0.376. The van der Waals surface area contributed by atoms with Crippen molar-refractivity contribution in [3.8, 4) is 23.3 Å². The van der Waals surface area contributed by atoms with E-state index in [4.69, 9.17) is 29.3 Å². The Bertz CT molecular complexity index is 686. The molecule has 1 aromatic carbocycles. The average Bonchev–Trinajstić information content (AvgIpc) is 3.09. The van der Waals surface area contributed by atoms with E-state index in [-0.39, 0.29) is 0 Å². The maximum absolute atomic E-state index is 9.10. The molecule has 0 saturated carbocycles. The topological polar surface area (TPSA) is 111 Å². The van der Waals surface area contributed by atoms with Crippen molar-refractivity contribution < 1.29 is 29.3 Å². The quantitative estimate of drug-likeness (QED) is 0.638. The fraction of sp³-hybridized carbons (Fsp3) is 0.188. The first-order chi connectivity index (χ1) is 11.5. The van der Waals surface area contributed by atoms with Crippen LogP contribution in [0.5, 0.6) is 11.5 Å². The molecule has 1 aromatic heterocycles. The molecule has 1 heterocycles. The molecule has 0 aliphatic carbocycles. The number of hydrogen-bond acceptors (Lipinski definition) is 5. The SMILES string of the molecule is COc1ccc(OCC#CCn2ccnc2)cc1.O=C(O)C(=O)O. The Labute approximate surface area is 138 Å². The van der Waals surface area contributed by atoms with Gasteiger partial charge in [-0.05, 0) is 24.3 Å². The van der Waals surface area contributed by atoms with E-state index in [1.165, 1.54) is 0 Å². The normalized spacial score (nSPS) is 8.88. The van der Waals surface area contributed by atoms with Gasteiger partial charge in [0.05, 0.1) is 20.0 Å². The smallest absolute Gasteiger partial charge is 0.414 e. The molecule has 0 amide bonds. The third kappa shape index (κ3) is 7.51. The predicted octanol–water partition coefficient (Wildman–Crippen LogP) is 1.13. The summed E-state index contributed by atoms with van der Waals surface area (Å²) in [6.45, 7) is 1.01. The fourth-order valence-electron chi connectivity index (χ4n) is 1.37. The predicted molar refractivity (Wildman–Crippen MR) is 83.8 cm³/mol. The van der Waals surface area contributed by atoms with Crippen LogP contribution >= 0.6 is 0 Å². The molecule has 126 valence electrons. The first-order valence-electron chi connectivity index (χ1n) is 6.67. The number of hydrogen-bond donors (Lipinski definition) is 2. The van der Waals surface area contributed by atoms with E-state index in [2.05, 4.69) is 16.8 Å². The number of carbonyl (C=O) groups is 2. The van der Waals surface area contributed by atoms with Gasteiger partial charge in [0.1, 0.15) is 18.1 Å². The van der Waals surface area contributed by atoms with E-state index in [1.807, 2.05) is 35.0 Å². The number of rotatable bonds is 4. The number of aromatic nitrogens is 2. The molecule has 0 aliphatic rings. The summed E-state index contributed by atoms with van der Waals surface area (Å²) in [5.74, 6) is 3.90. The molecule has 0 bridgehead atoms. The summed E-state index contributed by atoms with van der Waals surface area (Å²) in [7, 11) is 1.64. The molecule has 24 heavy (non-hydrogen) atoms. The van der Waals surface area contributed by atoms with Crippen LogP contribution < -0.4 is 9.47 Å². The lowest BCUT2D eigenvalue weighted by atomic mass is 10.3. The average molecular weight is 332 g/mol. The maximum atomic E-state index is 9.10. The van der Waals surface area contributed by atoms with Crippen molar-refractivity contribution in [2.45, 2.75) is 6.54 Å². The zero-order valence-electron chi connectivity index (χ0n) is 12.9.